The number of hydrogen-bond donors (Lipinski definition) is 3. The molecule has 0 spiro atoms. The van der Waals surface area contributed by atoms with E-state index in [0.29, 0.717) is 31.6 Å². The van der Waals surface area contributed by atoms with E-state index < -0.39 is 26.7 Å². The van der Waals surface area contributed by atoms with Crippen molar-refractivity contribution in [1.29, 1.82) is 0 Å². The van der Waals surface area contributed by atoms with Crippen LogP contribution in [0.25, 0.3) is 0 Å². The predicted octanol–water partition coefficient (Wildman–Crippen LogP) is 3.75. The van der Waals surface area contributed by atoms with Crippen LogP contribution in [-0.2, 0) is 24.4 Å². The fourth-order valence-electron chi connectivity index (χ4n) is 4.38. The summed E-state index contributed by atoms with van der Waals surface area (Å²) in [6.07, 6.45) is 14.1. The lowest BCUT2D eigenvalue weighted by atomic mass is 10.2. The zero-order chi connectivity index (χ0) is 29.8. The molecule has 3 atom stereocenters. The first kappa shape index (κ1) is 33.3. The van der Waals surface area contributed by atoms with Gasteiger partial charge in [0.25, 0.3) is 0 Å². The third kappa shape index (κ3) is 9.91. The standard InChI is InChI=1S/C15H25NO3S.C12H16N4O2.C2H6/c1-3-4-5-6-7-8-12-11-13(12)14(17)16-20(18,19)15(2)9-10-15;13-12(18)9-4-3-7-16(9)11(17)8-15-10-5-1-2-6-14-10;1-2/h7-8,12-13H,3-6,9-11H2,1-2H3,(H,16,17);1-2,5-6,9H,3-4,7-8H2,(H2,13,18)(H,14,15);1-2H3/b8-7-;;/t12?,13-;9-;/m00./s1. The van der Waals surface area contributed by atoms with Gasteiger partial charge in [-0.2, -0.15) is 0 Å². The van der Waals surface area contributed by atoms with Gasteiger partial charge in [-0.25, -0.2) is 13.4 Å². The molecule has 1 aromatic heterocycles. The molecule has 4 N–H and O–H groups in total. The number of unbranched alkanes of at least 4 members (excludes halogenated alkanes) is 3. The van der Waals surface area contributed by atoms with Crippen molar-refractivity contribution in [3.05, 3.63) is 36.5 Å². The first-order valence-electron chi connectivity index (χ1n) is 14.5. The normalized spacial score (nSPS) is 22.3. The average molecular weight is 578 g/mol. The number of pyridine rings is 1. The van der Waals surface area contributed by atoms with E-state index in [0.717, 1.165) is 19.3 Å². The third-order valence-corrected chi connectivity index (χ3v) is 9.53. The largest absolute Gasteiger partial charge is 0.368 e. The number of anilines is 1. The fraction of sp³-hybridized carbons (Fsp3) is 0.655. The third-order valence-electron chi connectivity index (χ3n) is 7.36. The van der Waals surface area contributed by atoms with E-state index in [9.17, 15) is 22.8 Å². The van der Waals surface area contributed by atoms with E-state index in [1.807, 2.05) is 19.9 Å². The number of carbonyl (C=O) groups excluding carboxylic acids is 3. The molecule has 0 bridgehead atoms. The number of primary amides is 1. The second kappa shape index (κ2) is 15.7. The number of allylic oxidation sites excluding steroid dienone is 2. The van der Waals surface area contributed by atoms with Crippen LogP contribution >= 0.6 is 0 Å². The number of amides is 3. The summed E-state index contributed by atoms with van der Waals surface area (Å²) in [5.41, 5.74) is 5.27. The summed E-state index contributed by atoms with van der Waals surface area (Å²) in [6.45, 7) is 8.59. The molecule has 1 unspecified atom stereocenters. The molecular formula is C29H47N5O5S. The molecule has 1 saturated heterocycles. The second-order valence-electron chi connectivity index (χ2n) is 10.6. The number of hydrogen-bond acceptors (Lipinski definition) is 7. The average Bonchev–Trinajstić information content (AvgIpc) is 3.84. The number of likely N-dealkylation sites (tertiary alicyclic amines) is 1. The van der Waals surface area contributed by atoms with Crippen LogP contribution in [0, 0.1) is 11.8 Å². The van der Waals surface area contributed by atoms with E-state index in [2.05, 4.69) is 34.1 Å². The lowest BCUT2D eigenvalue weighted by molar-refractivity contribution is -0.135. The lowest BCUT2D eigenvalue weighted by Gasteiger charge is -2.22. The first-order valence-corrected chi connectivity index (χ1v) is 16.0. The van der Waals surface area contributed by atoms with Crippen molar-refractivity contribution >= 4 is 33.6 Å². The van der Waals surface area contributed by atoms with Crippen molar-refractivity contribution in [2.45, 2.75) is 96.3 Å². The van der Waals surface area contributed by atoms with Crippen molar-refractivity contribution in [3.8, 4) is 0 Å². The van der Waals surface area contributed by atoms with Gasteiger partial charge in [0.1, 0.15) is 11.9 Å². The zero-order valence-electron chi connectivity index (χ0n) is 24.4. The zero-order valence-corrected chi connectivity index (χ0v) is 25.2. The van der Waals surface area contributed by atoms with Crippen molar-refractivity contribution in [1.82, 2.24) is 14.6 Å². The number of sulfonamides is 1. The Morgan fingerprint density at radius 3 is 2.52 bits per heavy atom. The van der Waals surface area contributed by atoms with Gasteiger partial charge in [0.15, 0.2) is 0 Å². The van der Waals surface area contributed by atoms with E-state index in [1.165, 1.54) is 24.2 Å². The number of nitrogens with zero attached hydrogens (tertiary/aromatic N) is 2. The molecule has 224 valence electrons. The summed E-state index contributed by atoms with van der Waals surface area (Å²) in [7, 11) is -3.47. The molecule has 2 heterocycles. The SMILES string of the molecule is CC.CCCCC/C=C\C1C[C@@H]1C(=O)NS(=O)(=O)C1(C)CC1.NC(=O)[C@@H]1CCCN1C(=O)CNc1ccccn1. The molecule has 40 heavy (non-hydrogen) atoms. The van der Waals surface area contributed by atoms with Crippen LogP contribution in [0.4, 0.5) is 5.82 Å². The molecule has 10 nitrogen and oxygen atoms in total. The summed E-state index contributed by atoms with van der Waals surface area (Å²) in [5.74, 6) is -0.143. The van der Waals surface area contributed by atoms with E-state index in [4.69, 9.17) is 5.73 Å². The first-order chi connectivity index (χ1) is 19.1. The Bertz CT molecular complexity index is 1110. The molecule has 3 fully saturated rings. The van der Waals surface area contributed by atoms with Gasteiger partial charge in [-0.1, -0.05) is 51.8 Å². The Hall–Kier alpha value is -2.95. The Balaban J connectivity index is 0.000000265. The molecule has 1 aliphatic heterocycles. The second-order valence-corrected chi connectivity index (χ2v) is 12.8. The van der Waals surface area contributed by atoms with Gasteiger partial charge < -0.3 is 16.0 Å². The van der Waals surface area contributed by atoms with Crippen molar-refractivity contribution in [2.24, 2.45) is 17.6 Å². The van der Waals surface area contributed by atoms with Crippen molar-refractivity contribution < 1.29 is 22.8 Å². The van der Waals surface area contributed by atoms with Crippen molar-refractivity contribution in [3.63, 3.8) is 0 Å². The van der Waals surface area contributed by atoms with Gasteiger partial charge in [-0.05, 0) is 69.9 Å². The fourth-order valence-corrected chi connectivity index (χ4v) is 5.69. The van der Waals surface area contributed by atoms with Crippen LogP contribution in [0.15, 0.2) is 36.5 Å². The molecule has 11 heteroatoms. The molecule has 0 radical (unpaired) electrons. The van der Waals surface area contributed by atoms with Gasteiger partial charge in [0, 0.05) is 18.7 Å². The molecule has 3 aliphatic rings. The maximum atomic E-state index is 12.0. The Kier molecular flexibility index (Phi) is 13.1. The molecule has 2 saturated carbocycles. The molecule has 2 aliphatic carbocycles. The van der Waals surface area contributed by atoms with E-state index in [-0.39, 0.29) is 30.2 Å². The number of nitrogens with two attached hydrogens (primary N) is 1. The molecule has 1 aromatic rings. The summed E-state index contributed by atoms with van der Waals surface area (Å²) in [5, 5.41) is 2.93. The maximum Gasteiger partial charge on any atom is 0.242 e. The molecular weight excluding hydrogens is 530 g/mol. The number of carbonyl (C=O) groups is 3. The highest BCUT2D eigenvalue weighted by Crippen LogP contribution is 2.44. The lowest BCUT2D eigenvalue weighted by Crippen LogP contribution is -2.45. The van der Waals surface area contributed by atoms with E-state index >= 15 is 0 Å². The highest BCUT2D eigenvalue weighted by molar-refractivity contribution is 7.91. The summed E-state index contributed by atoms with van der Waals surface area (Å²) in [4.78, 5) is 40.7. The van der Waals surface area contributed by atoms with Crippen LogP contribution in [0.2, 0.25) is 0 Å². The molecule has 0 aromatic carbocycles. The Morgan fingerprint density at radius 1 is 1.20 bits per heavy atom. The van der Waals surface area contributed by atoms with Crippen LogP contribution in [0.3, 0.4) is 0 Å². The summed E-state index contributed by atoms with van der Waals surface area (Å²) >= 11 is 0. The van der Waals surface area contributed by atoms with E-state index in [1.54, 1.807) is 25.3 Å². The smallest absolute Gasteiger partial charge is 0.242 e. The number of aromatic nitrogens is 1. The van der Waals surface area contributed by atoms with Gasteiger partial charge in [-0.3, -0.25) is 19.1 Å². The monoisotopic (exact) mass is 577 g/mol. The molecule has 3 amide bonds. The highest BCUT2D eigenvalue weighted by atomic mass is 32.2. The highest BCUT2D eigenvalue weighted by Gasteiger charge is 2.52. The quantitative estimate of drug-likeness (QED) is 0.253. The van der Waals surface area contributed by atoms with Crippen LogP contribution < -0.4 is 15.8 Å². The minimum Gasteiger partial charge on any atom is -0.368 e. The van der Waals surface area contributed by atoms with Crippen molar-refractivity contribution in [2.75, 3.05) is 18.4 Å². The van der Waals surface area contributed by atoms with Crippen LogP contribution in [0.5, 0.6) is 0 Å². The summed E-state index contributed by atoms with van der Waals surface area (Å²) < 4.78 is 25.4. The van der Waals surface area contributed by atoms with Gasteiger partial charge in [-0.15, -0.1) is 0 Å². The molecule has 4 rings (SSSR count). The topological polar surface area (TPSA) is 152 Å². The number of rotatable bonds is 12. The number of nitrogens with one attached hydrogen (secondary N) is 2. The Morgan fingerprint density at radius 2 is 1.93 bits per heavy atom. The Labute approximate surface area is 239 Å². The summed E-state index contributed by atoms with van der Waals surface area (Å²) in [6, 6.07) is 4.96. The van der Waals surface area contributed by atoms with Crippen LogP contribution in [0.1, 0.15) is 85.5 Å². The maximum absolute atomic E-state index is 12.0. The minimum atomic E-state index is -3.47. The predicted molar refractivity (Wildman–Crippen MR) is 158 cm³/mol. The van der Waals surface area contributed by atoms with Gasteiger partial charge in [0.2, 0.25) is 27.7 Å². The minimum absolute atomic E-state index is 0.123. The van der Waals surface area contributed by atoms with Gasteiger partial charge >= 0.3 is 0 Å². The van der Waals surface area contributed by atoms with Crippen LogP contribution in [-0.4, -0.2) is 59.9 Å². The van der Waals surface area contributed by atoms with Gasteiger partial charge in [0.05, 0.1) is 11.3 Å².